The first kappa shape index (κ1) is 16.2. The minimum absolute atomic E-state index is 0.462. The van der Waals surface area contributed by atoms with Gasteiger partial charge in [-0.3, -0.25) is 4.99 Å². The molecule has 17 heavy (non-hydrogen) atoms. The summed E-state index contributed by atoms with van der Waals surface area (Å²) in [5, 5.41) is 2.99. The maximum absolute atomic E-state index is 5.66. The largest absolute Gasteiger partial charge is 0.380 e. The van der Waals surface area contributed by atoms with Crippen LogP contribution in [0.15, 0.2) is 4.99 Å². The van der Waals surface area contributed by atoms with Gasteiger partial charge in [-0.15, -0.1) is 0 Å². The molecule has 0 aliphatic rings. The Hall–Kier alpha value is -0.810. The highest BCUT2D eigenvalue weighted by atomic mass is 16.5. The highest BCUT2D eigenvalue weighted by Crippen LogP contribution is 1.87. The van der Waals surface area contributed by atoms with Crippen LogP contribution >= 0.6 is 0 Å². The number of nitrogens with one attached hydrogen (secondary N) is 1. The molecule has 0 aliphatic heterocycles. The van der Waals surface area contributed by atoms with Gasteiger partial charge < -0.3 is 20.5 Å². The average Bonchev–Trinajstić information content (AvgIpc) is 2.33. The molecule has 0 unspecified atom stereocenters. The van der Waals surface area contributed by atoms with Crippen LogP contribution in [0.25, 0.3) is 0 Å². The van der Waals surface area contributed by atoms with Gasteiger partial charge in [0.15, 0.2) is 5.96 Å². The fraction of sp³-hybridized carbons (Fsp3) is 0.917. The fourth-order valence-corrected chi connectivity index (χ4v) is 1.13. The van der Waals surface area contributed by atoms with Gasteiger partial charge in [0.1, 0.15) is 0 Å². The van der Waals surface area contributed by atoms with Crippen LogP contribution in [0.1, 0.15) is 33.1 Å². The molecule has 0 saturated carbocycles. The molecule has 0 heterocycles. The van der Waals surface area contributed by atoms with Gasteiger partial charge in [-0.25, -0.2) is 0 Å². The second kappa shape index (κ2) is 13.3. The van der Waals surface area contributed by atoms with E-state index >= 15 is 0 Å². The minimum Gasteiger partial charge on any atom is -0.380 e. The highest BCUT2D eigenvalue weighted by molar-refractivity contribution is 5.77. The number of nitrogens with two attached hydrogens (primary N) is 1. The van der Waals surface area contributed by atoms with E-state index in [2.05, 4.69) is 24.2 Å². The first-order valence-corrected chi connectivity index (χ1v) is 6.50. The predicted octanol–water partition coefficient (Wildman–Crippen LogP) is 1.13. The van der Waals surface area contributed by atoms with E-state index in [1.54, 1.807) is 0 Å². The molecule has 0 aromatic carbocycles. The number of hydrogen-bond acceptors (Lipinski definition) is 3. The van der Waals surface area contributed by atoms with E-state index in [1.165, 1.54) is 0 Å². The Balaban J connectivity index is 3.26. The third-order valence-electron chi connectivity index (χ3n) is 2.06. The van der Waals surface area contributed by atoms with Crippen molar-refractivity contribution in [3.63, 3.8) is 0 Å². The Morgan fingerprint density at radius 2 is 1.82 bits per heavy atom. The zero-order valence-corrected chi connectivity index (χ0v) is 11.2. The van der Waals surface area contributed by atoms with Crippen molar-refractivity contribution in [1.82, 2.24) is 5.32 Å². The minimum atomic E-state index is 0.462. The number of aliphatic imine (C=N–C) groups is 1. The van der Waals surface area contributed by atoms with Crippen LogP contribution in [0.2, 0.25) is 0 Å². The standard InChI is InChI=1S/C12H27N3O2/c1-3-5-9-17-11-7-15-12(13)14-6-10-16-8-4-2/h3-11H2,1-2H3,(H3,13,14,15). The summed E-state index contributed by atoms with van der Waals surface area (Å²) in [6.45, 7) is 8.44. The summed E-state index contributed by atoms with van der Waals surface area (Å²) in [7, 11) is 0. The van der Waals surface area contributed by atoms with Gasteiger partial charge in [0.05, 0.1) is 19.8 Å². The topological polar surface area (TPSA) is 68.9 Å². The van der Waals surface area contributed by atoms with Crippen LogP contribution in [0, 0.1) is 0 Å². The van der Waals surface area contributed by atoms with Crippen LogP contribution in [0.3, 0.4) is 0 Å². The van der Waals surface area contributed by atoms with Gasteiger partial charge in [0.25, 0.3) is 0 Å². The Labute approximate surface area is 105 Å². The molecule has 0 bridgehead atoms. The summed E-state index contributed by atoms with van der Waals surface area (Å²) in [4.78, 5) is 4.14. The maximum atomic E-state index is 5.66. The van der Waals surface area contributed by atoms with Gasteiger partial charge in [-0.1, -0.05) is 20.3 Å². The number of hydrogen-bond donors (Lipinski definition) is 2. The van der Waals surface area contributed by atoms with Crippen LogP contribution in [-0.4, -0.2) is 45.5 Å². The first-order chi connectivity index (χ1) is 8.31. The summed E-state index contributed by atoms with van der Waals surface area (Å²) in [5.74, 6) is 0.462. The lowest BCUT2D eigenvalue weighted by Gasteiger charge is -2.06. The van der Waals surface area contributed by atoms with E-state index in [0.29, 0.717) is 32.3 Å². The van der Waals surface area contributed by atoms with Crippen molar-refractivity contribution in [3.8, 4) is 0 Å². The molecule has 3 N–H and O–H groups in total. The molecule has 0 radical (unpaired) electrons. The van der Waals surface area contributed by atoms with E-state index in [0.717, 1.165) is 32.5 Å². The Kier molecular flexibility index (Phi) is 12.6. The zero-order valence-electron chi connectivity index (χ0n) is 11.2. The first-order valence-electron chi connectivity index (χ1n) is 6.50. The molecule has 0 aromatic rings. The Bertz CT molecular complexity index is 187. The number of unbranched alkanes of at least 4 members (excludes halogenated alkanes) is 1. The van der Waals surface area contributed by atoms with E-state index in [9.17, 15) is 0 Å². The molecule has 0 aliphatic carbocycles. The number of ether oxygens (including phenoxy) is 2. The third kappa shape index (κ3) is 13.1. The number of nitrogens with zero attached hydrogens (tertiary/aromatic N) is 1. The number of rotatable bonds is 11. The van der Waals surface area contributed by atoms with Crippen molar-refractivity contribution >= 4 is 5.96 Å². The van der Waals surface area contributed by atoms with Crippen molar-refractivity contribution < 1.29 is 9.47 Å². The van der Waals surface area contributed by atoms with Gasteiger partial charge in [-0.05, 0) is 12.8 Å². The van der Waals surface area contributed by atoms with Gasteiger partial charge >= 0.3 is 0 Å². The molecule has 0 fully saturated rings. The molecular weight excluding hydrogens is 218 g/mol. The molecule has 5 nitrogen and oxygen atoms in total. The molecule has 0 aromatic heterocycles. The summed E-state index contributed by atoms with van der Waals surface area (Å²) in [5.41, 5.74) is 5.66. The second-order valence-electron chi connectivity index (χ2n) is 3.77. The van der Waals surface area contributed by atoms with Crippen LogP contribution in [-0.2, 0) is 9.47 Å². The smallest absolute Gasteiger partial charge is 0.188 e. The monoisotopic (exact) mass is 245 g/mol. The van der Waals surface area contributed by atoms with Crippen LogP contribution < -0.4 is 11.1 Å². The molecular formula is C12H27N3O2. The van der Waals surface area contributed by atoms with Crippen molar-refractivity contribution in [2.24, 2.45) is 10.7 Å². The quantitative estimate of drug-likeness (QED) is 0.325. The summed E-state index contributed by atoms with van der Waals surface area (Å²) >= 11 is 0. The van der Waals surface area contributed by atoms with Crippen molar-refractivity contribution in [1.29, 1.82) is 0 Å². The van der Waals surface area contributed by atoms with E-state index in [1.807, 2.05) is 0 Å². The maximum Gasteiger partial charge on any atom is 0.188 e. The van der Waals surface area contributed by atoms with E-state index in [4.69, 9.17) is 15.2 Å². The fourth-order valence-electron chi connectivity index (χ4n) is 1.13. The third-order valence-corrected chi connectivity index (χ3v) is 2.06. The molecule has 0 amide bonds. The summed E-state index contributed by atoms with van der Waals surface area (Å²) in [6.07, 6.45) is 3.30. The van der Waals surface area contributed by atoms with Crippen LogP contribution in [0.5, 0.6) is 0 Å². The summed E-state index contributed by atoms with van der Waals surface area (Å²) in [6, 6.07) is 0. The molecule has 5 heteroatoms. The SMILES string of the molecule is CCCCOCCN=C(N)NCCOCCC. The average molecular weight is 245 g/mol. The van der Waals surface area contributed by atoms with Crippen molar-refractivity contribution in [3.05, 3.63) is 0 Å². The molecule has 0 saturated heterocycles. The lowest BCUT2D eigenvalue weighted by atomic mass is 10.4. The second-order valence-corrected chi connectivity index (χ2v) is 3.77. The molecule has 0 spiro atoms. The molecule has 102 valence electrons. The lowest BCUT2D eigenvalue weighted by molar-refractivity contribution is 0.138. The predicted molar refractivity (Wildman–Crippen MR) is 71.3 cm³/mol. The molecule has 0 atom stereocenters. The number of guanidine groups is 1. The van der Waals surface area contributed by atoms with Crippen molar-refractivity contribution in [2.75, 3.05) is 39.5 Å². The van der Waals surface area contributed by atoms with E-state index in [-0.39, 0.29) is 0 Å². The highest BCUT2D eigenvalue weighted by Gasteiger charge is 1.92. The van der Waals surface area contributed by atoms with Gasteiger partial charge in [-0.2, -0.15) is 0 Å². The summed E-state index contributed by atoms with van der Waals surface area (Å²) < 4.78 is 10.7. The van der Waals surface area contributed by atoms with Crippen molar-refractivity contribution in [2.45, 2.75) is 33.1 Å². The van der Waals surface area contributed by atoms with Gasteiger partial charge in [0, 0.05) is 19.8 Å². The molecule has 0 rings (SSSR count). The Morgan fingerprint density at radius 3 is 2.53 bits per heavy atom. The lowest BCUT2D eigenvalue weighted by Crippen LogP contribution is -2.34. The normalized spacial score (nSPS) is 11.8. The zero-order chi connectivity index (χ0) is 12.8. The van der Waals surface area contributed by atoms with Crippen LogP contribution in [0.4, 0.5) is 0 Å². The van der Waals surface area contributed by atoms with Gasteiger partial charge in [0.2, 0.25) is 0 Å². The van der Waals surface area contributed by atoms with E-state index < -0.39 is 0 Å². The Morgan fingerprint density at radius 1 is 1.06 bits per heavy atom.